The van der Waals surface area contributed by atoms with Gasteiger partial charge in [0.1, 0.15) is 0 Å². The Bertz CT molecular complexity index is 388. The first-order chi connectivity index (χ1) is 8.75. The highest BCUT2D eigenvalue weighted by Crippen LogP contribution is 2.10. The van der Waals surface area contributed by atoms with Crippen LogP contribution in [0.3, 0.4) is 0 Å². The molecule has 1 fully saturated rings. The molecule has 2 N–H and O–H groups in total. The van der Waals surface area contributed by atoms with Crippen LogP contribution in [-0.4, -0.2) is 43.7 Å². The molecule has 0 radical (unpaired) electrons. The van der Waals surface area contributed by atoms with E-state index in [1.807, 2.05) is 17.0 Å². The second kappa shape index (κ2) is 6.75. The van der Waals surface area contributed by atoms with E-state index in [1.165, 1.54) is 5.56 Å². The normalized spacial score (nSPS) is 15.5. The summed E-state index contributed by atoms with van der Waals surface area (Å²) in [6.45, 7) is 4.05. The number of halogens is 1. The lowest BCUT2D eigenvalue weighted by atomic mass is 10.1. The lowest BCUT2D eigenvalue weighted by Gasteiger charge is -2.27. The molecule has 2 rings (SSSR count). The number of amides is 2. The molecule has 1 aliphatic heterocycles. The quantitative estimate of drug-likeness (QED) is 0.890. The summed E-state index contributed by atoms with van der Waals surface area (Å²) in [5.41, 5.74) is 1.24. The Morgan fingerprint density at radius 1 is 1.28 bits per heavy atom. The van der Waals surface area contributed by atoms with Crippen molar-refractivity contribution in [3.8, 4) is 0 Å². The summed E-state index contributed by atoms with van der Waals surface area (Å²) in [5, 5.41) is 6.19. The minimum Gasteiger partial charge on any atom is -0.338 e. The number of carbonyl (C=O) groups is 1. The van der Waals surface area contributed by atoms with E-state index in [1.54, 1.807) is 0 Å². The van der Waals surface area contributed by atoms with Crippen molar-refractivity contribution in [2.24, 2.45) is 0 Å². The van der Waals surface area contributed by atoms with Gasteiger partial charge in [0, 0.05) is 37.2 Å². The number of nitrogens with one attached hydrogen (secondary N) is 2. The third kappa shape index (κ3) is 3.99. The second-order valence-electron chi connectivity index (χ2n) is 4.35. The van der Waals surface area contributed by atoms with Gasteiger partial charge in [-0.15, -0.1) is 0 Å². The Hall–Kier alpha value is -1.07. The van der Waals surface area contributed by atoms with Gasteiger partial charge in [-0.05, 0) is 24.1 Å². The SMILES string of the molecule is O=C(NCCc1ccc(Br)cc1)N1CCNCC1. The van der Waals surface area contributed by atoms with Crippen LogP contribution in [0.5, 0.6) is 0 Å². The molecular formula is C13H18BrN3O. The zero-order valence-electron chi connectivity index (χ0n) is 10.3. The Morgan fingerprint density at radius 3 is 2.61 bits per heavy atom. The minimum absolute atomic E-state index is 0.0496. The van der Waals surface area contributed by atoms with Crippen LogP contribution in [0.15, 0.2) is 28.7 Å². The molecular weight excluding hydrogens is 294 g/mol. The molecule has 5 heteroatoms. The monoisotopic (exact) mass is 311 g/mol. The third-order valence-electron chi connectivity index (χ3n) is 3.01. The van der Waals surface area contributed by atoms with Crippen molar-refractivity contribution in [3.63, 3.8) is 0 Å². The van der Waals surface area contributed by atoms with E-state index in [4.69, 9.17) is 0 Å². The fourth-order valence-electron chi connectivity index (χ4n) is 1.94. The molecule has 0 atom stereocenters. The standard InChI is InChI=1S/C13H18BrN3O/c14-12-3-1-11(2-4-12)5-6-16-13(18)17-9-7-15-8-10-17/h1-4,15H,5-10H2,(H,16,18). The van der Waals surface area contributed by atoms with E-state index in [0.717, 1.165) is 37.1 Å². The number of nitrogens with zero attached hydrogens (tertiary/aromatic N) is 1. The number of hydrogen-bond acceptors (Lipinski definition) is 2. The average Bonchev–Trinajstić information content (AvgIpc) is 2.42. The van der Waals surface area contributed by atoms with Gasteiger partial charge in [-0.2, -0.15) is 0 Å². The molecule has 4 nitrogen and oxygen atoms in total. The first kappa shape index (κ1) is 13.4. The van der Waals surface area contributed by atoms with Crippen molar-refractivity contribution in [2.75, 3.05) is 32.7 Å². The minimum atomic E-state index is 0.0496. The topological polar surface area (TPSA) is 44.4 Å². The van der Waals surface area contributed by atoms with Crippen molar-refractivity contribution in [3.05, 3.63) is 34.3 Å². The van der Waals surface area contributed by atoms with Crippen LogP contribution in [0, 0.1) is 0 Å². The number of benzene rings is 1. The predicted molar refractivity (Wildman–Crippen MR) is 75.7 cm³/mol. The fraction of sp³-hybridized carbons (Fsp3) is 0.462. The van der Waals surface area contributed by atoms with Crippen molar-refractivity contribution in [2.45, 2.75) is 6.42 Å². The van der Waals surface area contributed by atoms with Crippen molar-refractivity contribution < 1.29 is 4.79 Å². The molecule has 0 bridgehead atoms. The molecule has 0 saturated carbocycles. The largest absolute Gasteiger partial charge is 0.338 e. The van der Waals surface area contributed by atoms with E-state index in [0.29, 0.717) is 6.54 Å². The molecule has 0 unspecified atom stereocenters. The fourth-order valence-corrected chi connectivity index (χ4v) is 2.21. The maximum atomic E-state index is 11.8. The first-order valence-electron chi connectivity index (χ1n) is 6.23. The summed E-state index contributed by atoms with van der Waals surface area (Å²) in [6.07, 6.45) is 0.866. The average molecular weight is 312 g/mol. The third-order valence-corrected chi connectivity index (χ3v) is 3.54. The second-order valence-corrected chi connectivity index (χ2v) is 5.26. The number of hydrogen-bond donors (Lipinski definition) is 2. The molecule has 1 aromatic carbocycles. The first-order valence-corrected chi connectivity index (χ1v) is 7.03. The van der Waals surface area contributed by atoms with E-state index in [2.05, 4.69) is 38.7 Å². The van der Waals surface area contributed by atoms with E-state index in [-0.39, 0.29) is 6.03 Å². The van der Waals surface area contributed by atoms with Crippen LogP contribution in [0.25, 0.3) is 0 Å². The zero-order chi connectivity index (χ0) is 12.8. The molecule has 1 saturated heterocycles. The molecule has 1 aromatic rings. The van der Waals surface area contributed by atoms with Crippen LogP contribution in [0.1, 0.15) is 5.56 Å². The summed E-state index contributed by atoms with van der Waals surface area (Å²) in [4.78, 5) is 13.7. The van der Waals surface area contributed by atoms with Gasteiger partial charge in [-0.1, -0.05) is 28.1 Å². The molecule has 18 heavy (non-hydrogen) atoms. The molecule has 0 aliphatic carbocycles. The summed E-state index contributed by atoms with van der Waals surface area (Å²) in [6, 6.07) is 8.23. The summed E-state index contributed by atoms with van der Waals surface area (Å²) in [5.74, 6) is 0. The molecule has 1 aliphatic rings. The molecule has 2 amide bonds. The van der Waals surface area contributed by atoms with Crippen molar-refractivity contribution in [1.82, 2.24) is 15.5 Å². The number of urea groups is 1. The Balaban J connectivity index is 1.71. The lowest BCUT2D eigenvalue weighted by molar-refractivity contribution is 0.190. The highest BCUT2D eigenvalue weighted by atomic mass is 79.9. The summed E-state index contributed by atoms with van der Waals surface area (Å²) < 4.78 is 1.08. The van der Waals surface area contributed by atoms with Crippen LogP contribution in [-0.2, 0) is 6.42 Å². The van der Waals surface area contributed by atoms with Crippen LogP contribution < -0.4 is 10.6 Å². The Kier molecular flexibility index (Phi) is 5.01. The molecule has 1 heterocycles. The van der Waals surface area contributed by atoms with E-state index >= 15 is 0 Å². The van der Waals surface area contributed by atoms with Crippen molar-refractivity contribution >= 4 is 22.0 Å². The molecule has 98 valence electrons. The number of rotatable bonds is 3. The van der Waals surface area contributed by atoms with Gasteiger partial charge in [-0.3, -0.25) is 0 Å². The highest BCUT2D eigenvalue weighted by Gasteiger charge is 2.14. The van der Waals surface area contributed by atoms with Crippen molar-refractivity contribution in [1.29, 1.82) is 0 Å². The Morgan fingerprint density at radius 2 is 1.94 bits per heavy atom. The lowest BCUT2D eigenvalue weighted by Crippen LogP contribution is -2.50. The van der Waals surface area contributed by atoms with Gasteiger partial charge in [0.15, 0.2) is 0 Å². The van der Waals surface area contributed by atoms with Gasteiger partial charge in [0.25, 0.3) is 0 Å². The van der Waals surface area contributed by atoms with Gasteiger partial charge >= 0.3 is 6.03 Å². The highest BCUT2D eigenvalue weighted by molar-refractivity contribution is 9.10. The molecule has 0 spiro atoms. The van der Waals surface area contributed by atoms with Gasteiger partial charge in [-0.25, -0.2) is 4.79 Å². The van der Waals surface area contributed by atoms with Gasteiger partial charge < -0.3 is 15.5 Å². The molecule has 0 aromatic heterocycles. The van der Waals surface area contributed by atoms with Crippen LogP contribution >= 0.6 is 15.9 Å². The Labute approximate surface area is 116 Å². The van der Waals surface area contributed by atoms with Crippen LogP contribution in [0.4, 0.5) is 4.79 Å². The van der Waals surface area contributed by atoms with Gasteiger partial charge in [0.2, 0.25) is 0 Å². The summed E-state index contributed by atoms with van der Waals surface area (Å²) >= 11 is 3.41. The number of carbonyl (C=O) groups excluding carboxylic acids is 1. The number of piperazine rings is 1. The van der Waals surface area contributed by atoms with E-state index < -0.39 is 0 Å². The maximum Gasteiger partial charge on any atom is 0.317 e. The van der Waals surface area contributed by atoms with E-state index in [9.17, 15) is 4.79 Å². The summed E-state index contributed by atoms with van der Waals surface area (Å²) in [7, 11) is 0. The predicted octanol–water partition coefficient (Wildman–Crippen LogP) is 1.61. The van der Waals surface area contributed by atoms with Gasteiger partial charge in [0.05, 0.1) is 0 Å². The van der Waals surface area contributed by atoms with Crippen LogP contribution in [0.2, 0.25) is 0 Å². The zero-order valence-corrected chi connectivity index (χ0v) is 11.9. The smallest absolute Gasteiger partial charge is 0.317 e. The maximum absolute atomic E-state index is 11.8.